The molecule has 0 heterocycles. The van der Waals surface area contributed by atoms with Crippen LogP contribution in [0.4, 0.5) is 5.69 Å². The van der Waals surface area contributed by atoms with Crippen molar-refractivity contribution in [1.82, 2.24) is 4.90 Å². The molecule has 1 rings (SSSR count). The van der Waals surface area contributed by atoms with Crippen LogP contribution in [0, 0.1) is 5.92 Å². The van der Waals surface area contributed by atoms with Crippen LogP contribution in [-0.4, -0.2) is 42.2 Å². The minimum absolute atomic E-state index is 0.0389. The summed E-state index contributed by atoms with van der Waals surface area (Å²) in [6.07, 6.45) is 4.19. The van der Waals surface area contributed by atoms with Gasteiger partial charge in [0.05, 0.1) is 18.9 Å². The Bertz CT molecular complexity index is 527. The lowest BCUT2D eigenvalue weighted by molar-refractivity contribution is -0.126. The maximum Gasteiger partial charge on any atom is 0.246 e. The van der Waals surface area contributed by atoms with Crippen LogP contribution in [0.15, 0.2) is 24.3 Å². The van der Waals surface area contributed by atoms with Gasteiger partial charge in [-0.05, 0) is 43.0 Å². The summed E-state index contributed by atoms with van der Waals surface area (Å²) in [7, 11) is 0. The van der Waals surface area contributed by atoms with Gasteiger partial charge in [-0.2, -0.15) is 0 Å². The summed E-state index contributed by atoms with van der Waals surface area (Å²) in [5.41, 5.74) is 7.39. The fourth-order valence-corrected chi connectivity index (χ4v) is 2.02. The third-order valence-electron chi connectivity index (χ3n) is 3.47. The Kier molecular flexibility index (Phi) is 8.19. The molecule has 23 heavy (non-hydrogen) atoms. The number of hydrogen-bond acceptors (Lipinski definition) is 4. The molecule has 3 N–H and O–H groups in total. The van der Waals surface area contributed by atoms with Crippen molar-refractivity contribution >= 4 is 17.7 Å². The molecule has 5 nitrogen and oxygen atoms in total. The fourth-order valence-electron chi connectivity index (χ4n) is 2.02. The maximum atomic E-state index is 12.0. The van der Waals surface area contributed by atoms with Crippen LogP contribution in [0.25, 0.3) is 6.08 Å². The van der Waals surface area contributed by atoms with Crippen molar-refractivity contribution in [3.8, 4) is 5.75 Å². The number of amides is 1. The first-order valence-electron chi connectivity index (χ1n) is 8.08. The highest BCUT2D eigenvalue weighted by Crippen LogP contribution is 2.23. The lowest BCUT2D eigenvalue weighted by atomic mass is 10.1. The molecule has 0 unspecified atom stereocenters. The molecular weight excluding hydrogens is 292 g/mol. The van der Waals surface area contributed by atoms with Gasteiger partial charge in [0.1, 0.15) is 5.75 Å². The second kappa shape index (κ2) is 9.90. The number of aliphatic hydroxyl groups is 1. The van der Waals surface area contributed by atoms with Gasteiger partial charge in [0.15, 0.2) is 0 Å². The van der Waals surface area contributed by atoms with Gasteiger partial charge in [-0.1, -0.05) is 19.9 Å². The van der Waals surface area contributed by atoms with E-state index in [1.54, 1.807) is 17.0 Å². The monoisotopic (exact) mass is 320 g/mol. The number of hydrogen-bond donors (Lipinski definition) is 2. The third-order valence-corrected chi connectivity index (χ3v) is 3.47. The van der Waals surface area contributed by atoms with Crippen molar-refractivity contribution in [2.24, 2.45) is 5.92 Å². The molecule has 0 aromatic heterocycles. The molecular formula is C18H28N2O3. The van der Waals surface area contributed by atoms with Crippen LogP contribution in [-0.2, 0) is 4.79 Å². The molecule has 5 heteroatoms. The Labute approximate surface area is 138 Å². The zero-order valence-electron chi connectivity index (χ0n) is 14.3. The Morgan fingerprint density at radius 3 is 2.74 bits per heavy atom. The van der Waals surface area contributed by atoms with Gasteiger partial charge in [-0.25, -0.2) is 0 Å². The van der Waals surface area contributed by atoms with Crippen molar-refractivity contribution in [3.63, 3.8) is 0 Å². The van der Waals surface area contributed by atoms with E-state index in [1.807, 2.05) is 19.1 Å². The summed E-state index contributed by atoms with van der Waals surface area (Å²) in [5, 5.41) is 8.93. The largest absolute Gasteiger partial charge is 0.491 e. The normalized spacial score (nSPS) is 11.2. The van der Waals surface area contributed by atoms with Gasteiger partial charge in [-0.15, -0.1) is 0 Å². The molecule has 0 saturated carbocycles. The van der Waals surface area contributed by atoms with Crippen molar-refractivity contribution in [2.45, 2.75) is 27.2 Å². The molecule has 0 spiro atoms. The van der Waals surface area contributed by atoms with Crippen molar-refractivity contribution in [3.05, 3.63) is 29.8 Å². The van der Waals surface area contributed by atoms with Gasteiger partial charge in [0.2, 0.25) is 5.91 Å². The predicted molar refractivity (Wildman–Crippen MR) is 94.2 cm³/mol. The first-order chi connectivity index (χ1) is 11.0. The number of nitrogens with zero attached hydrogens (tertiary/aromatic N) is 1. The first-order valence-corrected chi connectivity index (χ1v) is 8.08. The standard InChI is InChI=1S/C18H28N2O3/c1-4-20(10-11-21)18(22)8-6-15-5-7-17(16(19)13-15)23-12-9-14(2)3/h5-8,13-14,21H,4,9-12,19H2,1-3H3/b8-6-. The average Bonchev–Trinajstić information content (AvgIpc) is 2.51. The molecule has 1 aromatic carbocycles. The van der Waals surface area contributed by atoms with Gasteiger partial charge in [0.25, 0.3) is 0 Å². The number of nitrogens with two attached hydrogens (primary N) is 1. The van der Waals surface area contributed by atoms with Crippen molar-refractivity contribution in [2.75, 3.05) is 32.0 Å². The molecule has 0 aliphatic heterocycles. The lowest BCUT2D eigenvalue weighted by Gasteiger charge is -2.17. The highest BCUT2D eigenvalue weighted by Gasteiger charge is 2.07. The topological polar surface area (TPSA) is 75.8 Å². The number of anilines is 1. The molecule has 0 aliphatic carbocycles. The Hall–Kier alpha value is -2.01. The molecule has 0 bridgehead atoms. The summed E-state index contributed by atoms with van der Waals surface area (Å²) in [6.45, 7) is 7.68. The maximum absolute atomic E-state index is 12.0. The number of benzene rings is 1. The molecule has 0 fully saturated rings. The summed E-state index contributed by atoms with van der Waals surface area (Å²) >= 11 is 0. The predicted octanol–water partition coefficient (Wildman–Crippen LogP) is 2.55. The molecule has 128 valence electrons. The Morgan fingerprint density at radius 2 is 2.17 bits per heavy atom. The first kappa shape index (κ1) is 19.0. The highest BCUT2D eigenvalue weighted by atomic mass is 16.5. The summed E-state index contributed by atoms with van der Waals surface area (Å²) in [4.78, 5) is 13.5. The second-order valence-electron chi connectivity index (χ2n) is 5.80. The highest BCUT2D eigenvalue weighted by molar-refractivity contribution is 5.92. The number of likely N-dealkylation sites (N-methyl/N-ethyl adjacent to an activating group) is 1. The summed E-state index contributed by atoms with van der Waals surface area (Å²) in [5.74, 6) is 1.13. The van der Waals surface area contributed by atoms with Crippen LogP contribution in [0.5, 0.6) is 5.75 Å². The minimum Gasteiger partial charge on any atom is -0.491 e. The SMILES string of the molecule is CCN(CCO)C(=O)/C=C\c1ccc(OCCC(C)C)c(N)c1. The number of carbonyl (C=O) groups is 1. The molecule has 0 radical (unpaired) electrons. The average molecular weight is 320 g/mol. The van der Waals surface area contributed by atoms with Gasteiger partial charge >= 0.3 is 0 Å². The number of carbonyl (C=O) groups excluding carboxylic acids is 1. The number of aliphatic hydroxyl groups excluding tert-OH is 1. The van der Waals surface area contributed by atoms with E-state index in [-0.39, 0.29) is 12.5 Å². The van der Waals surface area contributed by atoms with E-state index in [4.69, 9.17) is 15.6 Å². The molecule has 0 saturated heterocycles. The van der Waals surface area contributed by atoms with Crippen molar-refractivity contribution in [1.29, 1.82) is 0 Å². The van der Waals surface area contributed by atoms with E-state index < -0.39 is 0 Å². The zero-order valence-corrected chi connectivity index (χ0v) is 14.3. The van der Waals surface area contributed by atoms with Crippen molar-refractivity contribution < 1.29 is 14.6 Å². The summed E-state index contributed by atoms with van der Waals surface area (Å²) < 4.78 is 5.66. The minimum atomic E-state index is -0.127. The molecule has 1 aromatic rings. The fraction of sp³-hybridized carbons (Fsp3) is 0.500. The van der Waals surface area contributed by atoms with Crippen LogP contribution in [0.2, 0.25) is 0 Å². The lowest BCUT2D eigenvalue weighted by Crippen LogP contribution is -2.31. The van der Waals surface area contributed by atoms with E-state index >= 15 is 0 Å². The van der Waals surface area contributed by atoms with Gasteiger partial charge in [0, 0.05) is 19.2 Å². The van der Waals surface area contributed by atoms with E-state index in [1.165, 1.54) is 6.08 Å². The second-order valence-corrected chi connectivity index (χ2v) is 5.80. The number of nitrogen functional groups attached to an aromatic ring is 1. The molecule has 0 atom stereocenters. The Balaban J connectivity index is 2.66. The number of ether oxygens (including phenoxy) is 1. The van der Waals surface area contributed by atoms with E-state index in [9.17, 15) is 4.79 Å². The van der Waals surface area contributed by atoms with Gasteiger partial charge in [-0.3, -0.25) is 4.79 Å². The third kappa shape index (κ3) is 6.74. The van der Waals surface area contributed by atoms with Crippen LogP contribution in [0.1, 0.15) is 32.8 Å². The quantitative estimate of drug-likeness (QED) is 0.541. The Morgan fingerprint density at radius 1 is 1.43 bits per heavy atom. The van der Waals surface area contributed by atoms with Crippen LogP contribution < -0.4 is 10.5 Å². The van der Waals surface area contributed by atoms with E-state index in [2.05, 4.69) is 13.8 Å². The number of rotatable bonds is 9. The van der Waals surface area contributed by atoms with Crippen LogP contribution in [0.3, 0.4) is 0 Å². The molecule has 1 amide bonds. The summed E-state index contributed by atoms with van der Waals surface area (Å²) in [6, 6.07) is 5.48. The zero-order chi connectivity index (χ0) is 17.2. The van der Waals surface area contributed by atoms with E-state index in [0.29, 0.717) is 37.1 Å². The van der Waals surface area contributed by atoms with Gasteiger partial charge < -0.3 is 20.5 Å². The smallest absolute Gasteiger partial charge is 0.246 e. The molecule has 0 aliphatic rings. The van der Waals surface area contributed by atoms with E-state index in [0.717, 1.165) is 12.0 Å². The van der Waals surface area contributed by atoms with Crippen LogP contribution >= 0.6 is 0 Å².